The molecule has 1 aliphatic heterocycles. The molecule has 0 saturated carbocycles. The van der Waals surface area contributed by atoms with E-state index in [4.69, 9.17) is 4.74 Å². The number of hydrogen-bond donors (Lipinski definition) is 2. The van der Waals surface area contributed by atoms with Gasteiger partial charge >= 0.3 is 5.97 Å². The number of ether oxygens (including phenoxy) is 1. The summed E-state index contributed by atoms with van der Waals surface area (Å²) in [6.45, 7) is 10.6. The maximum absolute atomic E-state index is 12.0. The Morgan fingerprint density at radius 3 is 2.78 bits per heavy atom. The fourth-order valence-electron chi connectivity index (χ4n) is 3.12. The van der Waals surface area contributed by atoms with Crippen LogP contribution in [0.25, 0.3) is 0 Å². The molecule has 1 aromatic rings. The standard InChI is InChI=1S/C19H33N5O2S/c1-5-26-18(25)16-14(2)22-17(27-16)15(3)23-19(20-4)21-10-6-7-11-24-12-8-9-13-24/h15H,5-13H2,1-4H3,(H2,20,21,23). The number of carbonyl (C=O) groups excluding carboxylic acids is 1. The van der Waals surface area contributed by atoms with Crippen LogP contribution in [0.1, 0.15) is 65.9 Å². The van der Waals surface area contributed by atoms with Crippen LogP contribution >= 0.6 is 11.3 Å². The Balaban J connectivity index is 1.76. The molecule has 0 spiro atoms. The van der Waals surface area contributed by atoms with E-state index in [0.29, 0.717) is 17.2 Å². The van der Waals surface area contributed by atoms with Gasteiger partial charge in [-0.3, -0.25) is 4.99 Å². The van der Waals surface area contributed by atoms with Gasteiger partial charge in [-0.2, -0.15) is 0 Å². The van der Waals surface area contributed by atoms with Crippen LogP contribution in [0.15, 0.2) is 4.99 Å². The highest BCUT2D eigenvalue weighted by Gasteiger charge is 2.20. The number of aromatic nitrogens is 1. The smallest absolute Gasteiger partial charge is 0.350 e. The van der Waals surface area contributed by atoms with Crippen molar-refractivity contribution >= 4 is 23.3 Å². The molecule has 1 aliphatic rings. The summed E-state index contributed by atoms with van der Waals surface area (Å²) in [4.78, 5) is 23.9. The number of nitrogens with zero attached hydrogens (tertiary/aromatic N) is 3. The molecule has 2 N–H and O–H groups in total. The maximum Gasteiger partial charge on any atom is 0.350 e. The Morgan fingerprint density at radius 2 is 2.11 bits per heavy atom. The first kappa shape index (κ1) is 21.6. The van der Waals surface area contributed by atoms with Crippen LogP contribution in [-0.2, 0) is 4.74 Å². The first-order valence-corrected chi connectivity index (χ1v) is 10.7. The van der Waals surface area contributed by atoms with Crippen LogP contribution in [0, 0.1) is 6.92 Å². The summed E-state index contributed by atoms with van der Waals surface area (Å²) in [5.41, 5.74) is 0.715. The van der Waals surface area contributed by atoms with Gasteiger partial charge in [0.25, 0.3) is 0 Å². The summed E-state index contributed by atoms with van der Waals surface area (Å²) in [5.74, 6) is 0.459. The van der Waals surface area contributed by atoms with Crippen LogP contribution in [0.3, 0.4) is 0 Å². The van der Waals surface area contributed by atoms with Crippen LogP contribution in [0.2, 0.25) is 0 Å². The van der Waals surface area contributed by atoms with Crippen molar-refractivity contribution in [1.29, 1.82) is 0 Å². The zero-order chi connectivity index (χ0) is 19.6. The molecule has 1 saturated heterocycles. The molecule has 1 aromatic heterocycles. The minimum Gasteiger partial charge on any atom is -0.462 e. The van der Waals surface area contributed by atoms with Gasteiger partial charge in [-0.1, -0.05) is 0 Å². The number of aliphatic imine (C=N–C) groups is 1. The molecule has 1 atom stereocenters. The number of hydrogen-bond acceptors (Lipinski definition) is 6. The number of carbonyl (C=O) groups is 1. The van der Waals surface area contributed by atoms with Crippen molar-refractivity contribution in [2.24, 2.45) is 4.99 Å². The number of thiazole rings is 1. The van der Waals surface area contributed by atoms with Crippen molar-refractivity contribution < 1.29 is 9.53 Å². The zero-order valence-corrected chi connectivity index (χ0v) is 17.8. The highest BCUT2D eigenvalue weighted by atomic mass is 32.1. The molecule has 0 aliphatic carbocycles. The topological polar surface area (TPSA) is 78.8 Å². The second kappa shape index (κ2) is 11.2. The largest absolute Gasteiger partial charge is 0.462 e. The Morgan fingerprint density at radius 1 is 1.37 bits per heavy atom. The fourth-order valence-corrected chi connectivity index (χ4v) is 4.09. The van der Waals surface area contributed by atoms with E-state index in [1.807, 2.05) is 13.8 Å². The first-order valence-electron chi connectivity index (χ1n) is 9.89. The Bertz CT molecular complexity index is 626. The number of guanidine groups is 1. The van der Waals surface area contributed by atoms with Crippen molar-refractivity contribution in [2.45, 2.75) is 52.5 Å². The van der Waals surface area contributed by atoms with E-state index in [1.165, 1.54) is 50.2 Å². The summed E-state index contributed by atoms with van der Waals surface area (Å²) in [5, 5.41) is 7.57. The molecule has 0 radical (unpaired) electrons. The van der Waals surface area contributed by atoms with E-state index < -0.39 is 0 Å². The molecule has 27 heavy (non-hydrogen) atoms. The quantitative estimate of drug-likeness (QED) is 0.290. The van der Waals surface area contributed by atoms with Gasteiger partial charge in [-0.15, -0.1) is 11.3 Å². The van der Waals surface area contributed by atoms with Gasteiger partial charge in [0, 0.05) is 13.6 Å². The highest BCUT2D eigenvalue weighted by molar-refractivity contribution is 7.13. The van der Waals surface area contributed by atoms with Crippen molar-refractivity contribution in [3.63, 3.8) is 0 Å². The molecule has 0 aromatic carbocycles. The fraction of sp³-hybridized carbons (Fsp3) is 0.737. The summed E-state index contributed by atoms with van der Waals surface area (Å²) in [6, 6.07) is -0.0346. The van der Waals surface area contributed by atoms with Crippen LogP contribution in [0.5, 0.6) is 0 Å². The molecular formula is C19H33N5O2S. The predicted octanol–water partition coefficient (Wildman–Crippen LogP) is 2.73. The highest BCUT2D eigenvalue weighted by Crippen LogP contribution is 2.24. The zero-order valence-electron chi connectivity index (χ0n) is 17.0. The summed E-state index contributed by atoms with van der Waals surface area (Å²) < 4.78 is 5.09. The SMILES string of the molecule is CCOC(=O)c1sc(C(C)NC(=NC)NCCCCN2CCCC2)nc1C. The second-order valence-corrected chi connectivity index (χ2v) is 7.84. The molecule has 1 unspecified atom stereocenters. The number of rotatable bonds is 9. The van der Waals surface area contributed by atoms with Crippen molar-refractivity contribution in [3.05, 3.63) is 15.6 Å². The van der Waals surface area contributed by atoms with Crippen LogP contribution in [0.4, 0.5) is 0 Å². The third kappa shape index (κ3) is 6.77. The average molecular weight is 396 g/mol. The van der Waals surface area contributed by atoms with Crippen molar-refractivity contribution in [1.82, 2.24) is 20.5 Å². The molecule has 7 nitrogen and oxygen atoms in total. The van der Waals surface area contributed by atoms with Gasteiger partial charge in [-0.05, 0) is 66.1 Å². The lowest BCUT2D eigenvalue weighted by Crippen LogP contribution is -2.39. The minimum atomic E-state index is -0.300. The number of aryl methyl sites for hydroxylation is 1. The number of esters is 1. The number of nitrogens with one attached hydrogen (secondary N) is 2. The monoisotopic (exact) mass is 395 g/mol. The molecule has 0 amide bonds. The summed E-state index contributed by atoms with van der Waals surface area (Å²) in [6.07, 6.45) is 5.02. The van der Waals surface area contributed by atoms with Crippen LogP contribution < -0.4 is 10.6 Å². The molecular weight excluding hydrogens is 362 g/mol. The normalized spacial score (nSPS) is 16.4. The average Bonchev–Trinajstić information content (AvgIpc) is 3.30. The lowest BCUT2D eigenvalue weighted by atomic mass is 10.3. The second-order valence-electron chi connectivity index (χ2n) is 6.81. The van der Waals surface area contributed by atoms with E-state index in [0.717, 1.165) is 23.9 Å². The maximum atomic E-state index is 12.0. The van der Waals surface area contributed by atoms with E-state index in [-0.39, 0.29) is 12.0 Å². The third-order valence-electron chi connectivity index (χ3n) is 4.61. The lowest BCUT2D eigenvalue weighted by Gasteiger charge is -2.17. The van der Waals surface area contributed by atoms with Crippen molar-refractivity contribution in [2.75, 3.05) is 39.8 Å². The summed E-state index contributed by atoms with van der Waals surface area (Å²) in [7, 11) is 1.77. The molecule has 2 heterocycles. The van der Waals surface area contributed by atoms with Gasteiger partial charge in [0.2, 0.25) is 0 Å². The van der Waals surface area contributed by atoms with Gasteiger partial charge in [0.05, 0.1) is 18.3 Å². The number of likely N-dealkylation sites (tertiary alicyclic amines) is 1. The van der Waals surface area contributed by atoms with Gasteiger partial charge in [-0.25, -0.2) is 9.78 Å². The van der Waals surface area contributed by atoms with Gasteiger partial charge in [0.15, 0.2) is 5.96 Å². The number of unbranched alkanes of at least 4 members (excludes halogenated alkanes) is 1. The molecule has 0 bridgehead atoms. The molecule has 2 rings (SSSR count). The van der Waals surface area contributed by atoms with E-state index in [2.05, 4.69) is 25.5 Å². The Kier molecular flexibility index (Phi) is 9.00. The van der Waals surface area contributed by atoms with Crippen LogP contribution in [-0.4, -0.2) is 61.6 Å². The van der Waals surface area contributed by atoms with E-state index >= 15 is 0 Å². The molecule has 1 fully saturated rings. The summed E-state index contributed by atoms with van der Waals surface area (Å²) >= 11 is 1.38. The van der Waals surface area contributed by atoms with E-state index in [1.54, 1.807) is 14.0 Å². The van der Waals surface area contributed by atoms with Crippen molar-refractivity contribution in [3.8, 4) is 0 Å². The third-order valence-corrected chi connectivity index (χ3v) is 5.93. The minimum absolute atomic E-state index is 0.0346. The lowest BCUT2D eigenvalue weighted by molar-refractivity contribution is 0.0531. The molecule has 152 valence electrons. The predicted molar refractivity (Wildman–Crippen MR) is 111 cm³/mol. The van der Waals surface area contributed by atoms with Gasteiger partial charge < -0.3 is 20.3 Å². The molecule has 8 heteroatoms. The first-order chi connectivity index (χ1) is 13.0. The Hall–Kier alpha value is -1.67. The van der Waals surface area contributed by atoms with Gasteiger partial charge in [0.1, 0.15) is 9.88 Å². The Labute approximate surface area is 166 Å². The van der Waals surface area contributed by atoms with E-state index in [9.17, 15) is 4.79 Å².